The molecule has 1 N–H and O–H groups in total. The van der Waals surface area contributed by atoms with Gasteiger partial charge in [0.05, 0.1) is 6.20 Å². The highest BCUT2D eigenvalue weighted by Crippen LogP contribution is 2.20. The minimum Gasteiger partial charge on any atom is -0.353 e. The fraction of sp³-hybridized carbons (Fsp3) is 0.350. The van der Waals surface area contributed by atoms with Gasteiger partial charge >= 0.3 is 0 Å². The van der Waals surface area contributed by atoms with Crippen molar-refractivity contribution in [3.63, 3.8) is 0 Å². The number of benzene rings is 1. The zero-order valence-corrected chi connectivity index (χ0v) is 16.5. The Labute approximate surface area is 165 Å². The highest BCUT2D eigenvalue weighted by atomic mass is 79.9. The first kappa shape index (κ1) is 18.0. The Morgan fingerprint density at radius 2 is 2.07 bits per heavy atom. The molecule has 1 amide bonds. The zero-order valence-electron chi connectivity index (χ0n) is 14.9. The Morgan fingerprint density at radius 1 is 1.22 bits per heavy atom. The summed E-state index contributed by atoms with van der Waals surface area (Å²) < 4.78 is 4.41. The van der Waals surface area contributed by atoms with Gasteiger partial charge in [-0.1, -0.05) is 22.0 Å². The number of hydrogen-bond donors (Lipinski definition) is 1. The highest BCUT2D eigenvalue weighted by Gasteiger charge is 2.16. The van der Waals surface area contributed by atoms with Crippen LogP contribution < -0.4 is 10.9 Å². The molecule has 0 fully saturated rings. The molecule has 27 heavy (non-hydrogen) atoms. The second kappa shape index (κ2) is 7.68. The summed E-state index contributed by atoms with van der Waals surface area (Å²) in [5.74, 6) is -0.196. The lowest BCUT2D eigenvalue weighted by Crippen LogP contribution is -2.37. The first-order chi connectivity index (χ1) is 13.1. The number of nitrogens with one attached hydrogen (secondary N) is 1. The molecular formula is C20H21BrN4O2. The van der Waals surface area contributed by atoms with Gasteiger partial charge < -0.3 is 9.88 Å². The van der Waals surface area contributed by atoms with Crippen LogP contribution in [0.25, 0.3) is 10.9 Å². The largest absolute Gasteiger partial charge is 0.353 e. The van der Waals surface area contributed by atoms with Crippen molar-refractivity contribution in [3.8, 4) is 0 Å². The van der Waals surface area contributed by atoms with Crippen molar-refractivity contribution in [2.75, 3.05) is 6.54 Å². The van der Waals surface area contributed by atoms with Crippen LogP contribution in [0.2, 0.25) is 0 Å². The molecule has 3 aromatic rings. The van der Waals surface area contributed by atoms with Gasteiger partial charge in [0.25, 0.3) is 5.56 Å². The molecule has 6 nitrogen and oxygen atoms in total. The molecule has 1 aliphatic rings. The molecule has 0 bridgehead atoms. The summed E-state index contributed by atoms with van der Waals surface area (Å²) in [7, 11) is 0. The van der Waals surface area contributed by atoms with E-state index in [9.17, 15) is 9.59 Å². The predicted octanol–water partition coefficient (Wildman–Crippen LogP) is 2.66. The minimum atomic E-state index is -0.196. The van der Waals surface area contributed by atoms with Gasteiger partial charge in [0, 0.05) is 34.8 Å². The second-order valence-corrected chi connectivity index (χ2v) is 7.80. The van der Waals surface area contributed by atoms with Crippen LogP contribution in [-0.4, -0.2) is 26.8 Å². The summed E-state index contributed by atoms with van der Waals surface area (Å²) in [5.41, 5.74) is 2.86. The molecule has 2 aromatic heterocycles. The van der Waals surface area contributed by atoms with Gasteiger partial charge in [-0.2, -0.15) is 5.10 Å². The summed E-state index contributed by atoms with van der Waals surface area (Å²) in [6, 6.07) is 8.19. The van der Waals surface area contributed by atoms with E-state index in [1.54, 1.807) is 6.20 Å². The van der Waals surface area contributed by atoms with E-state index in [1.165, 1.54) is 4.68 Å². The Morgan fingerprint density at radius 3 is 2.96 bits per heavy atom. The second-order valence-electron chi connectivity index (χ2n) is 6.88. The van der Waals surface area contributed by atoms with Gasteiger partial charge in [-0.3, -0.25) is 9.59 Å². The molecule has 1 aliphatic carbocycles. The number of carbonyl (C=O) groups excluding carboxylic acids is 1. The van der Waals surface area contributed by atoms with E-state index < -0.39 is 0 Å². The third-order valence-electron chi connectivity index (χ3n) is 5.06. The van der Waals surface area contributed by atoms with E-state index in [0.717, 1.165) is 52.2 Å². The fourth-order valence-electron chi connectivity index (χ4n) is 3.64. The van der Waals surface area contributed by atoms with E-state index in [4.69, 9.17) is 0 Å². The van der Waals surface area contributed by atoms with Crippen molar-refractivity contribution in [1.82, 2.24) is 19.7 Å². The first-order valence-corrected chi connectivity index (χ1v) is 10.00. The molecule has 1 aromatic carbocycles. The summed E-state index contributed by atoms with van der Waals surface area (Å²) in [4.78, 5) is 24.8. The molecule has 0 aliphatic heterocycles. The van der Waals surface area contributed by atoms with E-state index >= 15 is 0 Å². The molecule has 0 atom stereocenters. The monoisotopic (exact) mass is 428 g/mol. The lowest BCUT2D eigenvalue weighted by Gasteiger charge is -2.15. The van der Waals surface area contributed by atoms with Crippen LogP contribution in [0.5, 0.6) is 0 Å². The molecule has 2 heterocycles. The molecule has 140 valence electrons. The summed E-state index contributed by atoms with van der Waals surface area (Å²) in [5, 5.41) is 8.22. The van der Waals surface area contributed by atoms with E-state index in [1.807, 2.05) is 12.3 Å². The molecule has 0 spiro atoms. The third kappa shape index (κ3) is 3.83. The minimum absolute atomic E-state index is 0.0376. The van der Waals surface area contributed by atoms with Crippen molar-refractivity contribution in [2.24, 2.45) is 0 Å². The summed E-state index contributed by atoms with van der Waals surface area (Å²) >= 11 is 3.49. The van der Waals surface area contributed by atoms with Gasteiger partial charge in [-0.05, 0) is 54.8 Å². The Balaban J connectivity index is 1.37. The normalized spacial score (nSPS) is 13.5. The Kier molecular flexibility index (Phi) is 5.11. The van der Waals surface area contributed by atoms with Crippen LogP contribution in [0.3, 0.4) is 0 Å². The predicted molar refractivity (Wildman–Crippen MR) is 108 cm³/mol. The number of nitrogens with zero attached hydrogens (tertiary/aromatic N) is 3. The smallest absolute Gasteiger partial charge is 0.270 e. The SMILES string of the molecule is O=C(Cn1ncc2c(c1=O)CCCC2)NCCn1ccc2ccc(Br)cc21. The van der Waals surface area contributed by atoms with E-state index in [-0.39, 0.29) is 18.0 Å². The quantitative estimate of drug-likeness (QED) is 0.678. The molecule has 0 saturated heterocycles. The van der Waals surface area contributed by atoms with Crippen LogP contribution in [0.1, 0.15) is 24.0 Å². The number of aromatic nitrogens is 3. The van der Waals surface area contributed by atoms with Crippen LogP contribution in [0, 0.1) is 0 Å². The zero-order chi connectivity index (χ0) is 18.8. The average molecular weight is 429 g/mol. The van der Waals surface area contributed by atoms with Crippen molar-refractivity contribution >= 4 is 32.7 Å². The fourth-order valence-corrected chi connectivity index (χ4v) is 3.98. The van der Waals surface area contributed by atoms with Gasteiger partial charge in [0.15, 0.2) is 0 Å². The third-order valence-corrected chi connectivity index (χ3v) is 5.55. The van der Waals surface area contributed by atoms with E-state index in [0.29, 0.717) is 13.1 Å². The number of halogens is 1. The Hall–Kier alpha value is -2.41. The number of rotatable bonds is 5. The van der Waals surface area contributed by atoms with Gasteiger partial charge in [0.1, 0.15) is 6.54 Å². The number of carbonyl (C=O) groups is 1. The number of aryl methyl sites for hydroxylation is 1. The van der Waals surface area contributed by atoms with Gasteiger partial charge in [-0.15, -0.1) is 0 Å². The van der Waals surface area contributed by atoms with Crippen molar-refractivity contribution in [3.05, 3.63) is 62.6 Å². The van der Waals surface area contributed by atoms with Crippen molar-refractivity contribution in [1.29, 1.82) is 0 Å². The van der Waals surface area contributed by atoms with Gasteiger partial charge in [-0.25, -0.2) is 4.68 Å². The summed E-state index contributed by atoms with van der Waals surface area (Å²) in [6.07, 6.45) is 7.58. The molecular weight excluding hydrogens is 408 g/mol. The van der Waals surface area contributed by atoms with Crippen molar-refractivity contribution in [2.45, 2.75) is 38.8 Å². The standard InChI is InChI=1S/C20H21BrN4O2/c21-16-6-5-14-7-9-24(18(14)11-16)10-8-22-19(26)13-25-20(27)17-4-2-1-3-15(17)12-23-25/h5-7,9,11-12H,1-4,8,10,13H2,(H,22,26). The number of fused-ring (bicyclic) bond motifs is 2. The first-order valence-electron chi connectivity index (χ1n) is 9.21. The van der Waals surface area contributed by atoms with Crippen LogP contribution >= 0.6 is 15.9 Å². The molecule has 0 saturated carbocycles. The molecule has 0 unspecified atom stereocenters. The molecule has 7 heteroatoms. The maximum Gasteiger partial charge on any atom is 0.270 e. The molecule has 0 radical (unpaired) electrons. The lowest BCUT2D eigenvalue weighted by atomic mass is 9.94. The Bertz CT molecular complexity index is 1050. The van der Waals surface area contributed by atoms with Crippen molar-refractivity contribution < 1.29 is 4.79 Å². The topological polar surface area (TPSA) is 68.9 Å². The van der Waals surface area contributed by atoms with Crippen LogP contribution in [0.4, 0.5) is 0 Å². The number of hydrogen-bond acceptors (Lipinski definition) is 3. The highest BCUT2D eigenvalue weighted by molar-refractivity contribution is 9.10. The summed E-state index contributed by atoms with van der Waals surface area (Å²) in [6.45, 7) is 1.12. The molecule has 4 rings (SSSR count). The maximum absolute atomic E-state index is 12.5. The van der Waals surface area contributed by atoms with Crippen LogP contribution in [-0.2, 0) is 30.7 Å². The number of amides is 1. The maximum atomic E-state index is 12.5. The van der Waals surface area contributed by atoms with E-state index in [2.05, 4.69) is 49.1 Å². The average Bonchev–Trinajstić information content (AvgIpc) is 3.06. The van der Waals surface area contributed by atoms with Gasteiger partial charge in [0.2, 0.25) is 5.91 Å². The lowest BCUT2D eigenvalue weighted by molar-refractivity contribution is -0.121. The van der Waals surface area contributed by atoms with Crippen LogP contribution in [0.15, 0.2) is 45.9 Å².